The number of carbonyl (C=O) groups is 3. The Balaban J connectivity index is 1.32. The Kier molecular flexibility index (Phi) is 6.18. The van der Waals surface area contributed by atoms with Gasteiger partial charge >= 0.3 is 12.1 Å². The molecule has 4 rings (SSSR count). The van der Waals surface area contributed by atoms with Crippen LogP contribution in [0.3, 0.4) is 0 Å². The van der Waals surface area contributed by atoms with Crippen molar-refractivity contribution in [2.24, 2.45) is 0 Å². The molecule has 3 N–H and O–H groups in total. The second-order valence-corrected chi connectivity index (χ2v) is 8.45. The van der Waals surface area contributed by atoms with Crippen molar-refractivity contribution in [2.45, 2.75) is 25.4 Å². The highest BCUT2D eigenvalue weighted by Gasteiger charge is 2.29. The lowest BCUT2D eigenvalue weighted by Crippen LogP contribution is -2.37. The topological polar surface area (TPSA) is 118 Å². The minimum Gasteiger partial charge on any atom is -0.480 e. The molecule has 1 aromatic heterocycles. The van der Waals surface area contributed by atoms with E-state index in [9.17, 15) is 14.4 Å². The number of thiazole rings is 1. The molecule has 0 saturated heterocycles. The molecule has 32 heavy (non-hydrogen) atoms. The first-order valence-corrected chi connectivity index (χ1v) is 10.8. The minimum atomic E-state index is -1.12. The Morgan fingerprint density at radius 2 is 1.72 bits per heavy atom. The number of aromatic nitrogens is 1. The molecule has 0 unspecified atom stereocenters. The molecule has 8 nitrogen and oxygen atoms in total. The fraction of sp³-hybridized carbons (Fsp3) is 0.217. The van der Waals surface area contributed by atoms with Gasteiger partial charge in [0, 0.05) is 5.92 Å². The molecule has 0 aliphatic heterocycles. The number of rotatable bonds is 7. The predicted molar refractivity (Wildman–Crippen MR) is 119 cm³/mol. The summed E-state index contributed by atoms with van der Waals surface area (Å²) in [4.78, 5) is 39.5. The molecule has 1 aliphatic rings. The van der Waals surface area contributed by atoms with Crippen molar-refractivity contribution in [3.8, 4) is 11.1 Å². The van der Waals surface area contributed by atoms with E-state index in [0.717, 1.165) is 33.6 Å². The lowest BCUT2D eigenvalue weighted by Gasteiger charge is -2.14. The van der Waals surface area contributed by atoms with E-state index >= 15 is 0 Å². The second-order valence-electron chi connectivity index (χ2n) is 7.33. The summed E-state index contributed by atoms with van der Waals surface area (Å²) in [5.74, 6) is -1.68. The molecule has 0 saturated carbocycles. The summed E-state index contributed by atoms with van der Waals surface area (Å²) in [5, 5.41) is 14.4. The zero-order valence-corrected chi connectivity index (χ0v) is 18.0. The average molecular weight is 452 g/mol. The molecule has 1 heterocycles. The van der Waals surface area contributed by atoms with E-state index in [1.54, 1.807) is 0 Å². The summed E-state index contributed by atoms with van der Waals surface area (Å²) in [6.07, 6.45) is 0.774. The van der Waals surface area contributed by atoms with Crippen LogP contribution in [0.4, 0.5) is 4.79 Å². The molecule has 0 fully saturated rings. The number of carboxylic acids is 1. The molecule has 2 amide bonds. The Morgan fingerprint density at radius 3 is 2.34 bits per heavy atom. The third kappa shape index (κ3) is 4.47. The van der Waals surface area contributed by atoms with Crippen LogP contribution in [0.2, 0.25) is 0 Å². The number of nitrogens with zero attached hydrogens (tertiary/aromatic N) is 1. The summed E-state index contributed by atoms with van der Waals surface area (Å²) in [6, 6.07) is 15.2. The summed E-state index contributed by atoms with van der Waals surface area (Å²) < 4.78 is 5.48. The van der Waals surface area contributed by atoms with E-state index in [2.05, 4.69) is 39.9 Å². The van der Waals surface area contributed by atoms with Gasteiger partial charge in [-0.1, -0.05) is 48.5 Å². The van der Waals surface area contributed by atoms with Gasteiger partial charge in [0.05, 0.1) is 12.7 Å². The fourth-order valence-corrected chi connectivity index (χ4v) is 4.38. The highest BCUT2D eigenvalue weighted by atomic mass is 32.1. The highest BCUT2D eigenvalue weighted by molar-refractivity contribution is 7.13. The maximum absolute atomic E-state index is 12.3. The van der Waals surface area contributed by atoms with Gasteiger partial charge in [-0.05, 0) is 29.2 Å². The van der Waals surface area contributed by atoms with Crippen molar-refractivity contribution in [3.05, 3.63) is 75.7 Å². The van der Waals surface area contributed by atoms with Crippen LogP contribution in [-0.4, -0.2) is 40.7 Å². The van der Waals surface area contributed by atoms with Gasteiger partial charge in [0.2, 0.25) is 0 Å². The number of ether oxygens (including phenoxy) is 1. The van der Waals surface area contributed by atoms with Crippen LogP contribution in [-0.2, 0) is 16.1 Å². The molecule has 0 bridgehead atoms. The van der Waals surface area contributed by atoms with Gasteiger partial charge in [-0.15, -0.1) is 11.3 Å². The summed E-state index contributed by atoms with van der Waals surface area (Å²) >= 11 is 1.08. The Morgan fingerprint density at radius 1 is 1.09 bits per heavy atom. The average Bonchev–Trinajstić information content (AvgIpc) is 3.39. The highest BCUT2D eigenvalue weighted by Crippen LogP contribution is 2.44. The van der Waals surface area contributed by atoms with Crippen LogP contribution in [0.15, 0.2) is 54.7 Å². The largest absolute Gasteiger partial charge is 0.480 e. The quantitative estimate of drug-likeness (QED) is 0.507. The normalized spacial score (nSPS) is 13.0. The third-order valence-electron chi connectivity index (χ3n) is 5.22. The van der Waals surface area contributed by atoms with Crippen molar-refractivity contribution in [2.75, 3.05) is 6.61 Å². The van der Waals surface area contributed by atoms with Crippen molar-refractivity contribution < 1.29 is 24.2 Å². The van der Waals surface area contributed by atoms with Crippen LogP contribution in [0, 0.1) is 0 Å². The molecule has 0 radical (unpaired) electrons. The van der Waals surface area contributed by atoms with Crippen molar-refractivity contribution in [3.63, 3.8) is 0 Å². The number of aliphatic carboxylic acids is 1. The van der Waals surface area contributed by atoms with Crippen LogP contribution < -0.4 is 10.6 Å². The summed E-state index contributed by atoms with van der Waals surface area (Å²) in [6.45, 7) is 1.68. The maximum atomic E-state index is 12.3. The Bertz CT molecular complexity index is 1130. The van der Waals surface area contributed by atoms with Gasteiger partial charge < -0.3 is 20.5 Å². The number of hydrogen-bond donors (Lipinski definition) is 3. The van der Waals surface area contributed by atoms with Crippen molar-refractivity contribution in [1.82, 2.24) is 15.6 Å². The smallest absolute Gasteiger partial charge is 0.407 e. The number of fused-ring (bicyclic) bond motifs is 3. The first-order valence-electron chi connectivity index (χ1n) is 10.0. The van der Waals surface area contributed by atoms with Gasteiger partial charge in [-0.2, -0.15) is 0 Å². The lowest BCUT2D eigenvalue weighted by molar-refractivity contribution is -0.138. The Labute approximate surface area is 188 Å². The Hall–Kier alpha value is -3.72. The van der Waals surface area contributed by atoms with E-state index in [4.69, 9.17) is 9.84 Å². The third-order valence-corrected chi connectivity index (χ3v) is 6.22. The van der Waals surface area contributed by atoms with E-state index in [-0.39, 0.29) is 23.9 Å². The number of carboxylic acid groups (broad SMARTS) is 1. The SMILES string of the molecule is C[C@H](NC(=O)c1cnc(CNC(=O)OCC2c3ccccc3-c3ccccc32)s1)C(=O)O. The molecule has 2 aromatic carbocycles. The van der Waals surface area contributed by atoms with Crippen LogP contribution in [0.25, 0.3) is 11.1 Å². The number of carbonyl (C=O) groups excluding carboxylic acids is 2. The van der Waals surface area contributed by atoms with E-state index in [0.29, 0.717) is 5.01 Å². The van der Waals surface area contributed by atoms with Gasteiger partial charge in [0.1, 0.15) is 22.5 Å². The van der Waals surface area contributed by atoms with Gasteiger partial charge in [0.15, 0.2) is 0 Å². The van der Waals surface area contributed by atoms with Crippen molar-refractivity contribution in [1.29, 1.82) is 0 Å². The number of amides is 2. The molecular weight excluding hydrogens is 430 g/mol. The number of benzene rings is 2. The van der Waals surface area contributed by atoms with Crippen LogP contribution >= 0.6 is 11.3 Å². The predicted octanol–water partition coefficient (Wildman–Crippen LogP) is 3.38. The van der Waals surface area contributed by atoms with Crippen LogP contribution in [0.1, 0.15) is 38.6 Å². The fourth-order valence-electron chi connectivity index (χ4n) is 3.62. The number of hydrogen-bond acceptors (Lipinski definition) is 6. The first kappa shape index (κ1) is 21.5. The van der Waals surface area contributed by atoms with Crippen LogP contribution in [0.5, 0.6) is 0 Å². The standard InChI is InChI=1S/C23H21N3O5S/c1-13(22(28)29)26-21(27)19-10-24-20(32-19)11-25-23(30)31-12-18-16-8-4-2-6-14(16)15-7-3-5-9-17(15)18/h2-10,13,18H,11-12H2,1H3,(H,25,30)(H,26,27)(H,28,29)/t13-/m0/s1. The van der Waals surface area contributed by atoms with E-state index in [1.165, 1.54) is 13.1 Å². The van der Waals surface area contributed by atoms with Crippen molar-refractivity contribution >= 4 is 29.3 Å². The number of nitrogens with one attached hydrogen (secondary N) is 2. The number of alkyl carbamates (subject to hydrolysis) is 1. The maximum Gasteiger partial charge on any atom is 0.407 e. The van der Waals surface area contributed by atoms with E-state index < -0.39 is 24.0 Å². The molecule has 1 atom stereocenters. The van der Waals surface area contributed by atoms with Gasteiger partial charge in [-0.3, -0.25) is 9.59 Å². The zero-order valence-electron chi connectivity index (χ0n) is 17.2. The molecule has 164 valence electrons. The van der Waals surface area contributed by atoms with E-state index in [1.807, 2.05) is 24.3 Å². The van der Waals surface area contributed by atoms with Gasteiger partial charge in [-0.25, -0.2) is 9.78 Å². The zero-order chi connectivity index (χ0) is 22.7. The minimum absolute atomic E-state index is 0.0282. The molecule has 3 aromatic rings. The first-order chi connectivity index (χ1) is 15.4. The summed E-state index contributed by atoms with van der Waals surface area (Å²) in [7, 11) is 0. The molecule has 0 spiro atoms. The second kappa shape index (κ2) is 9.19. The monoisotopic (exact) mass is 451 g/mol. The van der Waals surface area contributed by atoms with Gasteiger partial charge in [0.25, 0.3) is 5.91 Å². The molecular formula is C23H21N3O5S. The molecule has 9 heteroatoms. The summed E-state index contributed by atoms with van der Waals surface area (Å²) in [5.41, 5.74) is 4.58. The lowest BCUT2D eigenvalue weighted by atomic mass is 9.98. The molecule has 1 aliphatic carbocycles.